The first-order chi connectivity index (χ1) is 6.70. The van der Waals surface area contributed by atoms with E-state index < -0.39 is 0 Å². The van der Waals surface area contributed by atoms with Gasteiger partial charge >= 0.3 is 0 Å². The van der Waals surface area contributed by atoms with Gasteiger partial charge in [-0.1, -0.05) is 0 Å². The van der Waals surface area contributed by atoms with Crippen LogP contribution in [0.4, 0.5) is 0 Å². The largest absolute Gasteiger partial charge is 0.507 e. The summed E-state index contributed by atoms with van der Waals surface area (Å²) in [5.41, 5.74) is 2.02. The zero-order valence-corrected chi connectivity index (χ0v) is 8.41. The van der Waals surface area contributed by atoms with Gasteiger partial charge in [0.15, 0.2) is 0 Å². The average Bonchev–Trinajstić information content (AvgIpc) is 2.16. The molecule has 0 radical (unpaired) electrons. The molecule has 1 atom stereocenters. The summed E-state index contributed by atoms with van der Waals surface area (Å²) in [5.74, 6) is 0.974. The van der Waals surface area contributed by atoms with Crippen molar-refractivity contribution in [2.45, 2.75) is 26.1 Å². The molecule has 1 unspecified atom stereocenters. The maximum absolute atomic E-state index is 9.69. The van der Waals surface area contributed by atoms with E-state index in [0.29, 0.717) is 12.4 Å². The average molecular weight is 194 g/mol. The molecule has 0 aromatic heterocycles. The zero-order chi connectivity index (χ0) is 10.1. The minimum Gasteiger partial charge on any atom is -0.507 e. The van der Waals surface area contributed by atoms with Crippen LogP contribution in [0, 0.1) is 0 Å². The number of benzene rings is 1. The number of phenols is 1. The summed E-state index contributed by atoms with van der Waals surface area (Å²) in [6.07, 6.45) is 1.05. The normalized spacial score (nSPS) is 20.3. The Morgan fingerprint density at radius 2 is 2.29 bits per heavy atom. The van der Waals surface area contributed by atoms with Crippen molar-refractivity contribution >= 4 is 0 Å². The van der Waals surface area contributed by atoms with E-state index in [1.54, 1.807) is 13.2 Å². The molecule has 0 fully saturated rings. The number of rotatable bonds is 1. The second-order valence-electron chi connectivity index (χ2n) is 3.61. The molecule has 1 aromatic rings. The van der Waals surface area contributed by atoms with Crippen molar-refractivity contribution in [2.75, 3.05) is 7.11 Å². The summed E-state index contributed by atoms with van der Waals surface area (Å²) in [7, 11) is 1.60. The van der Waals surface area contributed by atoms with Gasteiger partial charge in [-0.3, -0.25) is 0 Å². The van der Waals surface area contributed by atoms with Crippen LogP contribution in [0.2, 0.25) is 0 Å². The second-order valence-corrected chi connectivity index (χ2v) is 3.61. The number of fused-ring (bicyclic) bond motifs is 1. The molecule has 1 aromatic carbocycles. The molecule has 0 saturated carbocycles. The summed E-state index contributed by atoms with van der Waals surface area (Å²) in [5, 5.41) is 9.69. The van der Waals surface area contributed by atoms with Gasteiger partial charge in [0.2, 0.25) is 0 Å². The monoisotopic (exact) mass is 194 g/mol. The Bertz CT molecular complexity index is 347. The fraction of sp³-hybridized carbons (Fsp3) is 0.455. The molecule has 0 bridgehead atoms. The summed E-state index contributed by atoms with van der Waals surface area (Å²) in [4.78, 5) is 0. The molecule has 1 heterocycles. The molecule has 0 spiro atoms. The summed E-state index contributed by atoms with van der Waals surface area (Å²) >= 11 is 0. The van der Waals surface area contributed by atoms with E-state index in [1.165, 1.54) is 0 Å². The van der Waals surface area contributed by atoms with E-state index in [-0.39, 0.29) is 11.9 Å². The third kappa shape index (κ3) is 1.55. The third-order valence-corrected chi connectivity index (χ3v) is 2.55. The van der Waals surface area contributed by atoms with Crippen LogP contribution in [0.5, 0.6) is 11.5 Å². The Balaban J connectivity index is 2.43. The first-order valence-corrected chi connectivity index (χ1v) is 4.71. The Morgan fingerprint density at radius 3 is 3.00 bits per heavy atom. The molecule has 14 heavy (non-hydrogen) atoms. The standard InChI is InChI=1S/C11H14O3/c1-7-3-8-4-9(13-2)5-11(12)10(8)6-14-7/h4-5,7,12H,3,6H2,1-2H3. The fourth-order valence-electron chi connectivity index (χ4n) is 1.75. The van der Waals surface area contributed by atoms with Crippen molar-refractivity contribution < 1.29 is 14.6 Å². The molecule has 1 aliphatic heterocycles. The lowest BCUT2D eigenvalue weighted by atomic mass is 9.98. The van der Waals surface area contributed by atoms with Crippen molar-refractivity contribution in [3.63, 3.8) is 0 Å². The topological polar surface area (TPSA) is 38.7 Å². The predicted octanol–water partition coefficient (Wildman–Crippen LogP) is 1.86. The molecule has 3 nitrogen and oxygen atoms in total. The Hall–Kier alpha value is -1.22. The lowest BCUT2D eigenvalue weighted by molar-refractivity contribution is 0.0395. The van der Waals surface area contributed by atoms with Gasteiger partial charge in [0, 0.05) is 11.6 Å². The molecule has 76 valence electrons. The first-order valence-electron chi connectivity index (χ1n) is 4.71. The number of methoxy groups -OCH3 is 1. The first kappa shape index (κ1) is 9.34. The lowest BCUT2D eigenvalue weighted by Crippen LogP contribution is -2.19. The molecular formula is C11H14O3. The smallest absolute Gasteiger partial charge is 0.125 e. The third-order valence-electron chi connectivity index (χ3n) is 2.55. The van der Waals surface area contributed by atoms with Gasteiger partial charge in [-0.2, -0.15) is 0 Å². The van der Waals surface area contributed by atoms with Crippen molar-refractivity contribution in [3.05, 3.63) is 23.3 Å². The van der Waals surface area contributed by atoms with Gasteiger partial charge in [-0.05, 0) is 25.0 Å². The number of ether oxygens (including phenoxy) is 2. The number of hydrogen-bond acceptors (Lipinski definition) is 3. The lowest BCUT2D eigenvalue weighted by Gasteiger charge is -2.23. The van der Waals surface area contributed by atoms with E-state index in [0.717, 1.165) is 17.5 Å². The minimum absolute atomic E-state index is 0.217. The molecule has 2 rings (SSSR count). The molecule has 0 saturated heterocycles. The van der Waals surface area contributed by atoms with Gasteiger partial charge in [-0.15, -0.1) is 0 Å². The SMILES string of the molecule is COc1cc(O)c2c(c1)CC(C)OC2. The summed E-state index contributed by atoms with van der Waals surface area (Å²) < 4.78 is 10.6. The summed E-state index contributed by atoms with van der Waals surface area (Å²) in [6.45, 7) is 2.52. The molecule has 1 N–H and O–H groups in total. The van der Waals surface area contributed by atoms with Crippen LogP contribution in [-0.2, 0) is 17.8 Å². The van der Waals surface area contributed by atoms with Crippen molar-refractivity contribution in [3.8, 4) is 11.5 Å². The molecule has 1 aliphatic rings. The second kappa shape index (κ2) is 3.50. The van der Waals surface area contributed by atoms with Crippen LogP contribution in [-0.4, -0.2) is 18.3 Å². The Morgan fingerprint density at radius 1 is 1.50 bits per heavy atom. The van der Waals surface area contributed by atoms with Gasteiger partial charge in [0.25, 0.3) is 0 Å². The van der Waals surface area contributed by atoms with Crippen LogP contribution in [0.25, 0.3) is 0 Å². The highest BCUT2D eigenvalue weighted by Crippen LogP contribution is 2.32. The van der Waals surface area contributed by atoms with Crippen LogP contribution in [0.15, 0.2) is 12.1 Å². The Kier molecular flexibility index (Phi) is 2.33. The van der Waals surface area contributed by atoms with E-state index in [4.69, 9.17) is 9.47 Å². The van der Waals surface area contributed by atoms with Crippen molar-refractivity contribution in [2.24, 2.45) is 0 Å². The van der Waals surface area contributed by atoms with Crippen LogP contribution >= 0.6 is 0 Å². The maximum atomic E-state index is 9.69. The number of hydrogen-bond donors (Lipinski definition) is 1. The van der Waals surface area contributed by atoms with E-state index in [9.17, 15) is 5.11 Å². The van der Waals surface area contributed by atoms with E-state index in [2.05, 4.69) is 0 Å². The molecule has 0 amide bonds. The minimum atomic E-state index is 0.217. The number of aromatic hydroxyl groups is 1. The van der Waals surface area contributed by atoms with Crippen LogP contribution in [0.1, 0.15) is 18.1 Å². The van der Waals surface area contributed by atoms with Crippen molar-refractivity contribution in [1.29, 1.82) is 0 Å². The molecular weight excluding hydrogens is 180 g/mol. The van der Waals surface area contributed by atoms with Crippen molar-refractivity contribution in [1.82, 2.24) is 0 Å². The Labute approximate surface area is 83.3 Å². The number of phenolic OH excluding ortho intramolecular Hbond substituents is 1. The zero-order valence-electron chi connectivity index (χ0n) is 8.41. The highest BCUT2D eigenvalue weighted by Gasteiger charge is 2.19. The predicted molar refractivity (Wildman–Crippen MR) is 52.6 cm³/mol. The highest BCUT2D eigenvalue weighted by atomic mass is 16.5. The quantitative estimate of drug-likeness (QED) is 0.741. The van der Waals surface area contributed by atoms with E-state index in [1.807, 2.05) is 13.0 Å². The summed E-state index contributed by atoms with van der Waals surface area (Å²) in [6, 6.07) is 3.59. The van der Waals surface area contributed by atoms with Gasteiger partial charge in [-0.25, -0.2) is 0 Å². The van der Waals surface area contributed by atoms with Gasteiger partial charge < -0.3 is 14.6 Å². The van der Waals surface area contributed by atoms with Crippen LogP contribution < -0.4 is 4.74 Å². The van der Waals surface area contributed by atoms with Gasteiger partial charge in [0.05, 0.1) is 19.8 Å². The highest BCUT2D eigenvalue weighted by molar-refractivity contribution is 5.46. The van der Waals surface area contributed by atoms with Crippen LogP contribution in [0.3, 0.4) is 0 Å². The fourth-order valence-corrected chi connectivity index (χ4v) is 1.75. The molecule has 0 aliphatic carbocycles. The molecule has 3 heteroatoms. The van der Waals surface area contributed by atoms with Gasteiger partial charge in [0.1, 0.15) is 11.5 Å². The maximum Gasteiger partial charge on any atom is 0.125 e. The van der Waals surface area contributed by atoms with E-state index >= 15 is 0 Å².